The Balaban J connectivity index is 0.000000210. The van der Waals surface area contributed by atoms with E-state index in [1.165, 1.54) is 44.4 Å². The van der Waals surface area contributed by atoms with Gasteiger partial charge in [0.25, 0.3) is 0 Å². The molecule has 5 heteroatoms. The fourth-order valence-electron chi connectivity index (χ4n) is 7.11. The minimum atomic E-state index is -1.19. The van der Waals surface area contributed by atoms with Crippen LogP contribution in [0.5, 0.6) is 0 Å². The van der Waals surface area contributed by atoms with Gasteiger partial charge in [0.1, 0.15) is 0 Å². The molecule has 0 spiro atoms. The van der Waals surface area contributed by atoms with Crippen LogP contribution in [0, 0.1) is 13.8 Å². The van der Waals surface area contributed by atoms with Crippen LogP contribution >= 0.6 is 0 Å². The molecule has 1 unspecified atom stereocenters. The number of halogens is 2. The zero-order valence-corrected chi connectivity index (χ0v) is 30.0. The summed E-state index contributed by atoms with van der Waals surface area (Å²) in [5.74, 6) is 0.589. The van der Waals surface area contributed by atoms with Crippen LogP contribution in [0.1, 0.15) is 60.3 Å². The fraction of sp³-hybridized carbons (Fsp3) is 0.250. The van der Waals surface area contributed by atoms with Crippen molar-refractivity contribution < 1.29 is 51.0 Å². The van der Waals surface area contributed by atoms with Gasteiger partial charge < -0.3 is 29.4 Å². The fourth-order valence-corrected chi connectivity index (χ4v) is 11.4. The average Bonchev–Trinajstić information content (AvgIpc) is 3.57. The van der Waals surface area contributed by atoms with Crippen molar-refractivity contribution in [3.05, 3.63) is 125 Å². The number of rotatable bonds is 3. The van der Waals surface area contributed by atoms with Gasteiger partial charge in [0.2, 0.25) is 0 Å². The van der Waals surface area contributed by atoms with E-state index in [1.807, 2.05) is 0 Å². The molecule has 2 bridgehead atoms. The van der Waals surface area contributed by atoms with Crippen molar-refractivity contribution in [1.82, 2.24) is 4.57 Å². The molecule has 1 radical (unpaired) electrons. The summed E-state index contributed by atoms with van der Waals surface area (Å²) >= 11 is 0. The first-order valence-corrected chi connectivity index (χ1v) is 17.0. The Bertz CT molecular complexity index is 1690. The third kappa shape index (κ3) is 5.56. The number of aryl methyl sites for hydroxylation is 2. The van der Waals surface area contributed by atoms with Gasteiger partial charge in [-0.05, 0) is 54.7 Å². The monoisotopic (exact) mass is 672 g/mol. The molecule has 1 aromatic heterocycles. The Labute approximate surface area is 278 Å². The topological polar surface area (TPSA) is 4.93 Å². The van der Waals surface area contributed by atoms with Crippen LogP contribution in [0.3, 0.4) is 0 Å². The standard InChI is InChI=1S/C19H19.C17H19NSi.2ClH.Zr/c1-13(2)15-7-9-16(10-8-15)18-6-4-5-17-11-14(3)12-19(17)18;1-11-10-14-15(17-12(2)16(14)19(17,3)4)18(11)13-8-6-5-7-9-13;;;/h4-13H,1-3H3;5-10,17H,1-4H3;2*1H;/q-1;;;;+3/p-2. The molecule has 41 heavy (non-hydrogen) atoms. The first-order valence-electron chi connectivity index (χ1n) is 13.9. The third-order valence-corrected chi connectivity index (χ3v) is 12.9. The van der Waals surface area contributed by atoms with E-state index in [0.717, 1.165) is 5.54 Å². The molecule has 0 amide bonds. The normalized spacial score (nSPS) is 15.7. The molecule has 0 saturated carbocycles. The summed E-state index contributed by atoms with van der Waals surface area (Å²) in [5, 5.41) is 4.42. The molecule has 4 aromatic carbocycles. The minimum Gasteiger partial charge on any atom is -1.00 e. The van der Waals surface area contributed by atoms with Crippen LogP contribution in [0.4, 0.5) is 0 Å². The molecule has 209 valence electrons. The zero-order chi connectivity index (χ0) is 26.8. The first-order chi connectivity index (χ1) is 18.2. The maximum absolute atomic E-state index is 2.52. The van der Waals surface area contributed by atoms with Crippen molar-refractivity contribution in [1.29, 1.82) is 0 Å². The summed E-state index contributed by atoms with van der Waals surface area (Å²) in [4.78, 5) is 0. The molecular weight excluding hydrogens is 637 g/mol. The zero-order valence-electron chi connectivity index (χ0n) is 25.0. The number of aromatic nitrogens is 1. The summed E-state index contributed by atoms with van der Waals surface area (Å²) < 4.78 is 2.48. The molecule has 2 aliphatic heterocycles. The van der Waals surface area contributed by atoms with Crippen LogP contribution in [0.25, 0.3) is 32.8 Å². The van der Waals surface area contributed by atoms with E-state index in [2.05, 4.69) is 143 Å². The van der Waals surface area contributed by atoms with Crippen molar-refractivity contribution in [3.63, 3.8) is 0 Å². The Kier molecular flexibility index (Phi) is 10.4. The number of hydrogen-bond acceptors (Lipinski definition) is 0. The molecule has 0 saturated heterocycles. The molecule has 1 aliphatic carbocycles. The second-order valence-corrected chi connectivity index (χ2v) is 16.6. The summed E-state index contributed by atoms with van der Waals surface area (Å²) in [6.07, 6.45) is 0. The number of hydrogen-bond donors (Lipinski definition) is 0. The van der Waals surface area contributed by atoms with Gasteiger partial charge in [0.15, 0.2) is 0 Å². The molecule has 1 atom stereocenters. The first kappa shape index (κ1) is 33.5. The Morgan fingerprint density at radius 2 is 1.44 bits per heavy atom. The van der Waals surface area contributed by atoms with Gasteiger partial charge in [0, 0.05) is 22.6 Å². The number of nitrogens with zero attached hydrogens (tertiary/aromatic N) is 1. The minimum absolute atomic E-state index is 0. The third-order valence-electron chi connectivity index (χ3n) is 8.76. The van der Waals surface area contributed by atoms with Crippen molar-refractivity contribution in [2.24, 2.45) is 0 Å². The molecule has 1 nitrogen and oxygen atoms in total. The largest absolute Gasteiger partial charge is 3.00 e. The van der Waals surface area contributed by atoms with Crippen molar-refractivity contribution >= 4 is 24.0 Å². The molecule has 5 aromatic rings. The van der Waals surface area contributed by atoms with Crippen LogP contribution in [0.2, 0.25) is 13.1 Å². The Hall–Kier alpha value is -2.03. The van der Waals surface area contributed by atoms with Crippen LogP contribution < -0.4 is 24.8 Å². The second kappa shape index (κ2) is 12.7. The number of para-hydroxylation sites is 1. The Morgan fingerprint density at radius 1 is 0.780 bits per heavy atom. The predicted molar refractivity (Wildman–Crippen MR) is 167 cm³/mol. The van der Waals surface area contributed by atoms with E-state index in [1.54, 1.807) is 22.0 Å². The van der Waals surface area contributed by atoms with Gasteiger partial charge in [-0.1, -0.05) is 98.7 Å². The molecular formula is C36H38Cl2NSiZr. The summed E-state index contributed by atoms with van der Waals surface area (Å²) in [6.45, 7) is 16.2. The van der Waals surface area contributed by atoms with Gasteiger partial charge in [-0.25, -0.2) is 0 Å². The van der Waals surface area contributed by atoms with Crippen LogP contribution in [0.15, 0.2) is 96.6 Å². The smallest absolute Gasteiger partial charge is 1.00 e. The summed E-state index contributed by atoms with van der Waals surface area (Å²) in [7, 11) is -1.19. The van der Waals surface area contributed by atoms with E-state index >= 15 is 0 Å². The van der Waals surface area contributed by atoms with Crippen LogP contribution in [-0.2, 0) is 26.2 Å². The molecule has 3 aliphatic rings. The molecule has 3 heterocycles. The van der Waals surface area contributed by atoms with E-state index < -0.39 is 8.07 Å². The maximum Gasteiger partial charge on any atom is 3.00 e. The van der Waals surface area contributed by atoms with Crippen molar-refractivity contribution in [2.45, 2.75) is 59.2 Å². The van der Waals surface area contributed by atoms with Crippen LogP contribution in [-0.4, -0.2) is 12.6 Å². The van der Waals surface area contributed by atoms with Gasteiger partial charge in [-0.2, -0.15) is 6.07 Å². The Morgan fingerprint density at radius 3 is 2.05 bits per heavy atom. The quantitative estimate of drug-likeness (QED) is 0.201. The van der Waals surface area contributed by atoms with E-state index in [0.29, 0.717) is 5.92 Å². The SMILES string of the molecule is CC1=C2c3cc(C)n(-c4ccccc4)c3C1[Si]2(C)C.Cc1cc2c(-c3ccc(C(C)C)cc3)cccc2[cH-]1.[Cl-].[Cl-].[Zr+3]. The molecule has 0 N–H and O–H groups in total. The maximum atomic E-state index is 2.52. The second-order valence-electron chi connectivity index (χ2n) is 12.1. The van der Waals surface area contributed by atoms with Gasteiger partial charge in [-0.15, -0.1) is 34.5 Å². The number of allylic oxidation sites excluding steroid dienone is 1. The van der Waals surface area contributed by atoms with Gasteiger partial charge in [0.05, 0.1) is 8.07 Å². The molecule has 8 rings (SSSR count). The van der Waals surface area contributed by atoms with E-state index in [9.17, 15) is 0 Å². The summed E-state index contributed by atoms with van der Waals surface area (Å²) in [5.41, 5.74) is 13.6. The summed E-state index contributed by atoms with van der Waals surface area (Å²) in [6, 6.07) is 33.3. The average molecular weight is 675 g/mol. The molecule has 0 fully saturated rings. The van der Waals surface area contributed by atoms with Crippen molar-refractivity contribution in [2.75, 3.05) is 0 Å². The van der Waals surface area contributed by atoms with E-state index in [-0.39, 0.29) is 51.0 Å². The predicted octanol–water partition coefficient (Wildman–Crippen LogP) is 4.12. The number of benzene rings is 3. The van der Waals surface area contributed by atoms with E-state index in [4.69, 9.17) is 0 Å². The van der Waals surface area contributed by atoms with Crippen molar-refractivity contribution in [3.8, 4) is 16.8 Å². The van der Waals surface area contributed by atoms with Gasteiger partial charge >= 0.3 is 26.2 Å². The van der Waals surface area contributed by atoms with Gasteiger partial charge in [-0.3, -0.25) is 0 Å². The number of fused-ring (bicyclic) bond motifs is 1.